The molecule has 1 fully saturated rings. The molecule has 1 aromatic carbocycles. The molecule has 106 valence electrons. The Morgan fingerprint density at radius 3 is 2.53 bits per heavy atom. The molecule has 0 bridgehead atoms. The standard InChI is InChI=1S/C17H27NO/c1-12-8-9-15(10-13(12)2)17(19)14-6-5-7-16(11-14)18(3)4/h5-7,11-13,15,17,19H,8-10H2,1-4H3. The fourth-order valence-electron chi connectivity index (χ4n) is 3.14. The van der Waals surface area contributed by atoms with E-state index in [0.717, 1.165) is 35.9 Å². The summed E-state index contributed by atoms with van der Waals surface area (Å²) in [5.41, 5.74) is 2.23. The van der Waals surface area contributed by atoms with Gasteiger partial charge in [0.1, 0.15) is 0 Å². The Kier molecular flexibility index (Phi) is 4.51. The Morgan fingerprint density at radius 1 is 1.16 bits per heavy atom. The van der Waals surface area contributed by atoms with Crippen molar-refractivity contribution in [2.45, 2.75) is 39.2 Å². The smallest absolute Gasteiger partial charge is 0.0819 e. The van der Waals surface area contributed by atoms with Crippen LogP contribution < -0.4 is 4.90 Å². The lowest BCUT2D eigenvalue weighted by molar-refractivity contribution is 0.0561. The maximum Gasteiger partial charge on any atom is 0.0819 e. The molecule has 4 atom stereocenters. The van der Waals surface area contributed by atoms with Gasteiger partial charge in [-0.3, -0.25) is 0 Å². The highest BCUT2D eigenvalue weighted by Crippen LogP contribution is 2.40. The quantitative estimate of drug-likeness (QED) is 0.893. The van der Waals surface area contributed by atoms with Crippen LogP contribution in [0.3, 0.4) is 0 Å². The summed E-state index contributed by atoms with van der Waals surface area (Å²) >= 11 is 0. The summed E-state index contributed by atoms with van der Waals surface area (Å²) in [5, 5.41) is 10.6. The van der Waals surface area contributed by atoms with Crippen molar-refractivity contribution in [1.82, 2.24) is 0 Å². The zero-order valence-electron chi connectivity index (χ0n) is 12.6. The molecule has 0 aromatic heterocycles. The molecule has 0 saturated heterocycles. The van der Waals surface area contributed by atoms with Gasteiger partial charge >= 0.3 is 0 Å². The largest absolute Gasteiger partial charge is 0.388 e. The fraction of sp³-hybridized carbons (Fsp3) is 0.647. The van der Waals surface area contributed by atoms with E-state index in [1.54, 1.807) is 0 Å². The van der Waals surface area contributed by atoms with Gasteiger partial charge in [-0.1, -0.05) is 32.4 Å². The van der Waals surface area contributed by atoms with Crippen LogP contribution in [-0.2, 0) is 0 Å². The Hall–Kier alpha value is -1.02. The molecule has 0 spiro atoms. The van der Waals surface area contributed by atoms with Gasteiger partial charge in [-0.2, -0.15) is 0 Å². The van der Waals surface area contributed by atoms with Crippen molar-refractivity contribution < 1.29 is 5.11 Å². The Morgan fingerprint density at radius 2 is 1.89 bits per heavy atom. The number of aliphatic hydroxyl groups is 1. The second kappa shape index (κ2) is 5.96. The third-order valence-corrected chi connectivity index (χ3v) is 4.81. The minimum atomic E-state index is -0.310. The molecule has 1 N–H and O–H groups in total. The van der Waals surface area contributed by atoms with Gasteiger partial charge in [0.15, 0.2) is 0 Å². The maximum absolute atomic E-state index is 10.6. The van der Waals surface area contributed by atoms with Gasteiger partial charge in [0.2, 0.25) is 0 Å². The topological polar surface area (TPSA) is 23.5 Å². The molecular formula is C17H27NO. The summed E-state index contributed by atoms with van der Waals surface area (Å²) in [4.78, 5) is 2.09. The third kappa shape index (κ3) is 3.30. The number of nitrogens with zero attached hydrogens (tertiary/aromatic N) is 1. The Labute approximate surface area is 117 Å². The fourth-order valence-corrected chi connectivity index (χ4v) is 3.14. The van der Waals surface area contributed by atoms with Crippen LogP contribution in [0.4, 0.5) is 5.69 Å². The SMILES string of the molecule is CC1CCC(C(O)c2cccc(N(C)C)c2)CC1C. The molecule has 1 aromatic rings. The van der Waals surface area contributed by atoms with Crippen LogP contribution in [-0.4, -0.2) is 19.2 Å². The number of aliphatic hydroxyl groups excluding tert-OH is 1. The number of hydrogen-bond donors (Lipinski definition) is 1. The van der Waals surface area contributed by atoms with E-state index in [9.17, 15) is 5.11 Å². The first kappa shape index (κ1) is 14.4. The lowest BCUT2D eigenvalue weighted by atomic mass is 9.73. The second-order valence-corrected chi connectivity index (χ2v) is 6.46. The van der Waals surface area contributed by atoms with Crippen LogP contribution in [0.2, 0.25) is 0 Å². The van der Waals surface area contributed by atoms with Crippen LogP contribution in [0, 0.1) is 17.8 Å². The minimum absolute atomic E-state index is 0.310. The van der Waals surface area contributed by atoms with Crippen molar-refractivity contribution in [1.29, 1.82) is 0 Å². The van der Waals surface area contributed by atoms with Gasteiger partial charge in [0.25, 0.3) is 0 Å². The van der Waals surface area contributed by atoms with Crippen molar-refractivity contribution in [2.75, 3.05) is 19.0 Å². The van der Waals surface area contributed by atoms with Gasteiger partial charge in [0.05, 0.1) is 6.10 Å². The van der Waals surface area contributed by atoms with E-state index in [0.29, 0.717) is 5.92 Å². The summed E-state index contributed by atoms with van der Waals surface area (Å²) in [6.07, 6.45) is 3.23. The molecule has 0 radical (unpaired) electrons. The molecule has 2 rings (SSSR count). The molecule has 1 saturated carbocycles. The molecule has 0 aliphatic heterocycles. The highest BCUT2D eigenvalue weighted by Gasteiger charge is 2.29. The zero-order chi connectivity index (χ0) is 14.0. The van der Waals surface area contributed by atoms with Crippen molar-refractivity contribution in [3.05, 3.63) is 29.8 Å². The zero-order valence-corrected chi connectivity index (χ0v) is 12.6. The molecule has 0 heterocycles. The van der Waals surface area contributed by atoms with Gasteiger partial charge in [0, 0.05) is 19.8 Å². The molecule has 2 heteroatoms. The highest BCUT2D eigenvalue weighted by molar-refractivity contribution is 5.47. The second-order valence-electron chi connectivity index (χ2n) is 6.46. The van der Waals surface area contributed by atoms with Crippen LogP contribution in [0.5, 0.6) is 0 Å². The number of benzene rings is 1. The van der Waals surface area contributed by atoms with E-state index in [1.807, 2.05) is 20.2 Å². The van der Waals surface area contributed by atoms with Crippen molar-refractivity contribution >= 4 is 5.69 Å². The molecule has 19 heavy (non-hydrogen) atoms. The molecule has 1 aliphatic rings. The molecule has 1 aliphatic carbocycles. The van der Waals surface area contributed by atoms with Gasteiger partial charge in [-0.15, -0.1) is 0 Å². The predicted octanol–water partition coefficient (Wildman–Crippen LogP) is 3.86. The summed E-state index contributed by atoms with van der Waals surface area (Å²) in [7, 11) is 4.08. The summed E-state index contributed by atoms with van der Waals surface area (Å²) < 4.78 is 0. The Bertz CT molecular complexity index is 415. The van der Waals surface area contributed by atoms with Crippen LogP contribution in [0.1, 0.15) is 44.8 Å². The van der Waals surface area contributed by atoms with Gasteiger partial charge in [-0.05, 0) is 48.3 Å². The first-order valence-corrected chi connectivity index (χ1v) is 7.44. The van der Waals surface area contributed by atoms with E-state index in [1.165, 1.54) is 6.42 Å². The molecule has 4 unspecified atom stereocenters. The minimum Gasteiger partial charge on any atom is -0.388 e. The Balaban J connectivity index is 2.11. The monoisotopic (exact) mass is 261 g/mol. The molecular weight excluding hydrogens is 234 g/mol. The molecule has 0 amide bonds. The summed E-state index contributed by atoms with van der Waals surface area (Å²) in [6.45, 7) is 4.65. The average Bonchev–Trinajstić information content (AvgIpc) is 2.41. The first-order chi connectivity index (χ1) is 8.99. The van der Waals surface area contributed by atoms with Crippen molar-refractivity contribution in [3.8, 4) is 0 Å². The van der Waals surface area contributed by atoms with Crippen LogP contribution in [0.15, 0.2) is 24.3 Å². The van der Waals surface area contributed by atoms with E-state index in [2.05, 4.69) is 36.9 Å². The van der Waals surface area contributed by atoms with E-state index in [4.69, 9.17) is 0 Å². The van der Waals surface area contributed by atoms with E-state index < -0.39 is 0 Å². The third-order valence-electron chi connectivity index (χ3n) is 4.81. The average molecular weight is 261 g/mol. The number of anilines is 1. The van der Waals surface area contributed by atoms with E-state index >= 15 is 0 Å². The number of rotatable bonds is 3. The lowest BCUT2D eigenvalue weighted by Crippen LogP contribution is -2.25. The number of hydrogen-bond acceptors (Lipinski definition) is 2. The maximum atomic E-state index is 10.6. The highest BCUT2D eigenvalue weighted by atomic mass is 16.3. The summed E-state index contributed by atoms with van der Waals surface area (Å²) in [5.74, 6) is 1.95. The van der Waals surface area contributed by atoms with Crippen LogP contribution in [0.25, 0.3) is 0 Å². The van der Waals surface area contributed by atoms with Gasteiger partial charge < -0.3 is 10.0 Å². The van der Waals surface area contributed by atoms with Crippen molar-refractivity contribution in [2.24, 2.45) is 17.8 Å². The van der Waals surface area contributed by atoms with Gasteiger partial charge in [-0.25, -0.2) is 0 Å². The predicted molar refractivity (Wildman–Crippen MR) is 81.4 cm³/mol. The molecule has 2 nitrogen and oxygen atoms in total. The van der Waals surface area contributed by atoms with Crippen molar-refractivity contribution in [3.63, 3.8) is 0 Å². The van der Waals surface area contributed by atoms with E-state index in [-0.39, 0.29) is 6.10 Å². The normalized spacial score (nSPS) is 29.0. The summed E-state index contributed by atoms with van der Waals surface area (Å²) in [6, 6.07) is 8.30. The first-order valence-electron chi connectivity index (χ1n) is 7.44. The van der Waals surface area contributed by atoms with Crippen LogP contribution >= 0.6 is 0 Å². The lowest BCUT2D eigenvalue weighted by Gasteiger charge is -2.35.